The van der Waals surface area contributed by atoms with Crippen molar-refractivity contribution in [3.05, 3.63) is 66.0 Å². The molecule has 2 heterocycles. The molecule has 0 saturated carbocycles. The molecule has 0 aliphatic heterocycles. The summed E-state index contributed by atoms with van der Waals surface area (Å²) in [5.41, 5.74) is 2.57. The van der Waals surface area contributed by atoms with E-state index in [1.54, 1.807) is 30.6 Å². The van der Waals surface area contributed by atoms with Crippen molar-refractivity contribution >= 4 is 35.0 Å². The van der Waals surface area contributed by atoms with E-state index in [1.165, 1.54) is 11.8 Å². The number of nitrogens with zero attached hydrogens (tertiary/aromatic N) is 4. The van der Waals surface area contributed by atoms with E-state index in [-0.39, 0.29) is 11.7 Å². The summed E-state index contributed by atoms with van der Waals surface area (Å²) in [4.78, 5) is 16.3. The lowest BCUT2D eigenvalue weighted by atomic mass is 10.2. The van der Waals surface area contributed by atoms with Crippen LogP contribution in [0.25, 0.3) is 11.4 Å². The number of carbonyl (C=O) groups is 1. The third kappa shape index (κ3) is 4.75. The highest BCUT2D eigenvalue weighted by atomic mass is 35.5. The Bertz CT molecular complexity index is 958. The van der Waals surface area contributed by atoms with Gasteiger partial charge in [0.15, 0.2) is 11.0 Å². The Morgan fingerprint density at radius 3 is 2.78 bits per heavy atom. The predicted molar refractivity (Wildman–Crippen MR) is 109 cm³/mol. The molecular formula is C19H18ClN5OS. The van der Waals surface area contributed by atoms with Gasteiger partial charge >= 0.3 is 0 Å². The first kappa shape index (κ1) is 19.1. The highest BCUT2D eigenvalue weighted by Crippen LogP contribution is 2.24. The molecule has 0 aliphatic carbocycles. The number of anilines is 1. The fraction of sp³-hybridized carbons (Fsp3) is 0.158. The molecule has 138 valence electrons. The number of rotatable bonds is 7. The van der Waals surface area contributed by atoms with E-state index in [0.717, 1.165) is 16.8 Å². The number of carbonyl (C=O) groups excluding carboxylic acids is 1. The molecule has 1 amide bonds. The zero-order valence-electron chi connectivity index (χ0n) is 14.7. The van der Waals surface area contributed by atoms with Crippen molar-refractivity contribution < 1.29 is 4.79 Å². The van der Waals surface area contributed by atoms with Crippen LogP contribution in [0.15, 0.2) is 60.5 Å². The minimum absolute atomic E-state index is 0.121. The van der Waals surface area contributed by atoms with E-state index in [9.17, 15) is 4.79 Å². The Balaban J connectivity index is 1.71. The summed E-state index contributed by atoms with van der Waals surface area (Å²) in [6.45, 7) is 6.24. The molecule has 0 fully saturated rings. The second-order valence-electron chi connectivity index (χ2n) is 5.74. The van der Waals surface area contributed by atoms with Gasteiger partial charge in [0.2, 0.25) is 5.91 Å². The molecule has 6 nitrogen and oxygen atoms in total. The van der Waals surface area contributed by atoms with Crippen LogP contribution in [0, 0.1) is 6.92 Å². The topological polar surface area (TPSA) is 72.7 Å². The fourth-order valence-corrected chi connectivity index (χ4v) is 3.46. The standard InChI is InChI=1S/C19H18ClN5OS/c1-3-10-25-18(14-6-8-21-9-7-14)23-24-19(25)27-12-17(26)22-16-5-4-15(20)11-13(16)2/h3-9,11H,1,10,12H2,2H3,(H,22,26). The van der Waals surface area contributed by atoms with E-state index < -0.39 is 0 Å². The third-order valence-corrected chi connectivity index (χ3v) is 4.96. The first-order valence-corrected chi connectivity index (χ1v) is 9.58. The lowest BCUT2D eigenvalue weighted by Crippen LogP contribution is -2.15. The van der Waals surface area contributed by atoms with E-state index in [2.05, 4.69) is 27.1 Å². The minimum atomic E-state index is -0.121. The Labute approximate surface area is 166 Å². The minimum Gasteiger partial charge on any atom is -0.325 e. The van der Waals surface area contributed by atoms with Gasteiger partial charge in [0.25, 0.3) is 0 Å². The maximum absolute atomic E-state index is 12.3. The van der Waals surface area contributed by atoms with Crippen molar-refractivity contribution in [3.8, 4) is 11.4 Å². The number of halogens is 1. The lowest BCUT2D eigenvalue weighted by molar-refractivity contribution is -0.113. The van der Waals surface area contributed by atoms with Crippen LogP contribution in [0.2, 0.25) is 5.02 Å². The monoisotopic (exact) mass is 399 g/mol. The molecule has 0 bridgehead atoms. The Kier molecular flexibility index (Phi) is 6.26. The summed E-state index contributed by atoms with van der Waals surface area (Å²) in [6, 6.07) is 9.09. The molecule has 8 heteroatoms. The van der Waals surface area contributed by atoms with Crippen molar-refractivity contribution in [2.24, 2.45) is 0 Å². The molecular weight excluding hydrogens is 382 g/mol. The molecule has 0 radical (unpaired) electrons. The van der Waals surface area contributed by atoms with Gasteiger partial charge in [0, 0.05) is 35.2 Å². The molecule has 0 atom stereocenters. The first-order chi connectivity index (χ1) is 13.1. The second-order valence-corrected chi connectivity index (χ2v) is 7.12. The van der Waals surface area contributed by atoms with Crippen LogP contribution in [0.4, 0.5) is 5.69 Å². The van der Waals surface area contributed by atoms with Crippen LogP contribution < -0.4 is 5.32 Å². The van der Waals surface area contributed by atoms with Gasteiger partial charge in [-0.15, -0.1) is 16.8 Å². The second kappa shape index (κ2) is 8.83. The maximum atomic E-state index is 12.3. The lowest BCUT2D eigenvalue weighted by Gasteiger charge is -2.09. The zero-order chi connectivity index (χ0) is 19.2. The molecule has 0 aliphatic rings. The third-order valence-electron chi connectivity index (χ3n) is 3.76. The molecule has 0 spiro atoms. The van der Waals surface area contributed by atoms with E-state index in [4.69, 9.17) is 11.6 Å². The van der Waals surface area contributed by atoms with Crippen LogP contribution in [-0.4, -0.2) is 31.4 Å². The average Bonchev–Trinajstić information content (AvgIpc) is 3.06. The quantitative estimate of drug-likeness (QED) is 0.475. The summed E-state index contributed by atoms with van der Waals surface area (Å²) in [5.74, 6) is 0.811. The number of benzene rings is 1. The number of hydrogen-bond donors (Lipinski definition) is 1. The van der Waals surface area contributed by atoms with Gasteiger partial charge in [-0.25, -0.2) is 0 Å². The molecule has 0 saturated heterocycles. The Hall–Kier alpha value is -2.64. The van der Waals surface area contributed by atoms with Crippen molar-refractivity contribution in [2.75, 3.05) is 11.1 Å². The Morgan fingerprint density at radius 1 is 1.30 bits per heavy atom. The van der Waals surface area contributed by atoms with Gasteiger partial charge in [-0.2, -0.15) is 0 Å². The van der Waals surface area contributed by atoms with Crippen LogP contribution in [-0.2, 0) is 11.3 Å². The number of hydrogen-bond acceptors (Lipinski definition) is 5. The van der Waals surface area contributed by atoms with Crippen molar-refractivity contribution in [2.45, 2.75) is 18.6 Å². The summed E-state index contributed by atoms with van der Waals surface area (Å²) < 4.78 is 1.92. The molecule has 3 rings (SSSR count). The fourth-order valence-electron chi connectivity index (χ4n) is 2.49. The van der Waals surface area contributed by atoms with Crippen LogP contribution in [0.1, 0.15) is 5.56 Å². The summed E-state index contributed by atoms with van der Waals surface area (Å²) in [7, 11) is 0. The number of allylic oxidation sites excluding steroid dienone is 1. The highest BCUT2D eigenvalue weighted by molar-refractivity contribution is 7.99. The van der Waals surface area contributed by atoms with Crippen LogP contribution in [0.5, 0.6) is 0 Å². The van der Waals surface area contributed by atoms with Gasteiger partial charge in [-0.3, -0.25) is 14.3 Å². The number of pyridine rings is 1. The van der Waals surface area contributed by atoms with Gasteiger partial charge in [-0.1, -0.05) is 29.4 Å². The molecule has 27 heavy (non-hydrogen) atoms. The zero-order valence-corrected chi connectivity index (χ0v) is 16.3. The smallest absolute Gasteiger partial charge is 0.234 e. The van der Waals surface area contributed by atoms with Crippen molar-refractivity contribution in [1.82, 2.24) is 19.7 Å². The SMILES string of the molecule is C=CCn1c(SCC(=O)Nc2ccc(Cl)cc2C)nnc1-c1ccncc1. The van der Waals surface area contributed by atoms with Crippen LogP contribution >= 0.6 is 23.4 Å². The molecule has 2 aromatic heterocycles. The Morgan fingerprint density at radius 2 is 2.07 bits per heavy atom. The summed E-state index contributed by atoms with van der Waals surface area (Å²) in [5, 5.41) is 12.7. The summed E-state index contributed by atoms with van der Waals surface area (Å²) in [6.07, 6.45) is 5.18. The highest BCUT2D eigenvalue weighted by Gasteiger charge is 2.15. The van der Waals surface area contributed by atoms with Gasteiger partial charge in [-0.05, 0) is 42.8 Å². The van der Waals surface area contributed by atoms with Gasteiger partial charge in [0.1, 0.15) is 0 Å². The van der Waals surface area contributed by atoms with Crippen molar-refractivity contribution in [1.29, 1.82) is 0 Å². The number of amides is 1. The van der Waals surface area contributed by atoms with Crippen molar-refractivity contribution in [3.63, 3.8) is 0 Å². The number of aromatic nitrogens is 4. The number of aryl methyl sites for hydroxylation is 1. The summed E-state index contributed by atoms with van der Waals surface area (Å²) >= 11 is 7.27. The van der Waals surface area contributed by atoms with Crippen LogP contribution in [0.3, 0.4) is 0 Å². The number of nitrogens with one attached hydrogen (secondary N) is 1. The van der Waals surface area contributed by atoms with Gasteiger partial charge < -0.3 is 5.32 Å². The first-order valence-electron chi connectivity index (χ1n) is 8.22. The maximum Gasteiger partial charge on any atom is 0.234 e. The largest absolute Gasteiger partial charge is 0.325 e. The number of thioether (sulfide) groups is 1. The molecule has 0 unspecified atom stereocenters. The molecule has 1 aromatic carbocycles. The molecule has 1 N–H and O–H groups in total. The van der Waals surface area contributed by atoms with Gasteiger partial charge in [0.05, 0.1) is 5.75 Å². The van der Waals surface area contributed by atoms with E-state index >= 15 is 0 Å². The van der Waals surface area contributed by atoms with E-state index in [0.29, 0.717) is 22.5 Å². The molecule has 3 aromatic rings. The normalized spacial score (nSPS) is 10.6. The average molecular weight is 400 g/mol. The van der Waals surface area contributed by atoms with E-state index in [1.807, 2.05) is 29.7 Å². The predicted octanol–water partition coefficient (Wildman–Crippen LogP) is 4.22.